The van der Waals surface area contributed by atoms with E-state index in [4.69, 9.17) is 11.6 Å². The predicted octanol–water partition coefficient (Wildman–Crippen LogP) is 3.13. The van der Waals surface area contributed by atoms with Gasteiger partial charge >= 0.3 is 0 Å². The molecule has 1 amide bonds. The molecule has 1 heterocycles. The van der Waals surface area contributed by atoms with Gasteiger partial charge in [-0.3, -0.25) is 4.79 Å². The number of carbonyl (C=O) groups is 1. The lowest BCUT2D eigenvalue weighted by atomic mass is 9.76. The maximum Gasteiger partial charge on any atom is 0.227 e. The lowest BCUT2D eigenvalue weighted by Gasteiger charge is -2.36. The summed E-state index contributed by atoms with van der Waals surface area (Å²) >= 11 is 5.86. The van der Waals surface area contributed by atoms with E-state index in [2.05, 4.69) is 17.6 Å². The molecule has 1 saturated heterocycles. The molecular formula is C16H23ClN2O. The fourth-order valence-corrected chi connectivity index (χ4v) is 3.07. The number of amides is 1. The summed E-state index contributed by atoms with van der Waals surface area (Å²) in [5.41, 5.74) is 0.859. The van der Waals surface area contributed by atoms with Crippen LogP contribution in [0.25, 0.3) is 0 Å². The molecule has 3 nitrogen and oxygen atoms in total. The molecule has 20 heavy (non-hydrogen) atoms. The molecule has 1 atom stereocenters. The Hall–Kier alpha value is -1.06. The molecule has 4 heteroatoms. The molecule has 1 unspecified atom stereocenters. The van der Waals surface area contributed by atoms with Gasteiger partial charge in [0, 0.05) is 18.1 Å². The van der Waals surface area contributed by atoms with E-state index in [1.807, 2.05) is 24.3 Å². The van der Waals surface area contributed by atoms with Crippen LogP contribution in [0.1, 0.15) is 38.2 Å². The fourth-order valence-electron chi connectivity index (χ4n) is 2.94. The maximum atomic E-state index is 12.6. The van der Waals surface area contributed by atoms with E-state index < -0.39 is 0 Å². The van der Waals surface area contributed by atoms with E-state index >= 15 is 0 Å². The van der Waals surface area contributed by atoms with E-state index in [-0.39, 0.29) is 11.3 Å². The molecule has 1 fully saturated rings. The molecule has 0 radical (unpaired) electrons. The van der Waals surface area contributed by atoms with Crippen LogP contribution in [-0.2, 0) is 11.3 Å². The Bertz CT molecular complexity index is 433. The third kappa shape index (κ3) is 3.74. The Morgan fingerprint density at radius 2 is 2.15 bits per heavy atom. The molecule has 110 valence electrons. The molecule has 1 aromatic rings. The fraction of sp³-hybridized carbons (Fsp3) is 0.562. The van der Waals surface area contributed by atoms with E-state index in [1.54, 1.807) is 0 Å². The molecule has 1 aliphatic rings. The predicted molar refractivity (Wildman–Crippen MR) is 82.7 cm³/mol. The monoisotopic (exact) mass is 294 g/mol. The minimum absolute atomic E-state index is 0.182. The second kappa shape index (κ2) is 7.09. The van der Waals surface area contributed by atoms with Crippen molar-refractivity contribution in [2.75, 3.05) is 13.1 Å². The molecule has 1 aromatic carbocycles. The van der Waals surface area contributed by atoms with Gasteiger partial charge in [0.05, 0.1) is 5.41 Å². The van der Waals surface area contributed by atoms with E-state index in [9.17, 15) is 4.79 Å². The third-order valence-electron chi connectivity index (χ3n) is 4.05. The Morgan fingerprint density at radius 1 is 1.40 bits per heavy atom. The van der Waals surface area contributed by atoms with Crippen LogP contribution >= 0.6 is 11.6 Å². The summed E-state index contributed by atoms with van der Waals surface area (Å²) < 4.78 is 0. The Morgan fingerprint density at radius 3 is 2.75 bits per heavy atom. The van der Waals surface area contributed by atoms with Gasteiger partial charge in [-0.05, 0) is 43.5 Å². The van der Waals surface area contributed by atoms with Crippen molar-refractivity contribution in [3.05, 3.63) is 34.9 Å². The van der Waals surface area contributed by atoms with Crippen LogP contribution in [0.3, 0.4) is 0 Å². The van der Waals surface area contributed by atoms with Crippen LogP contribution in [-0.4, -0.2) is 19.0 Å². The summed E-state index contributed by atoms with van der Waals surface area (Å²) in [6.07, 6.45) is 4.05. The van der Waals surface area contributed by atoms with E-state index in [0.29, 0.717) is 6.54 Å². The van der Waals surface area contributed by atoms with Crippen LogP contribution in [0, 0.1) is 5.41 Å². The Kier molecular flexibility index (Phi) is 5.44. The first kappa shape index (κ1) is 15.3. The summed E-state index contributed by atoms with van der Waals surface area (Å²) in [5, 5.41) is 7.18. The van der Waals surface area contributed by atoms with Crippen molar-refractivity contribution in [1.82, 2.24) is 10.6 Å². The number of piperidine rings is 1. The zero-order valence-electron chi connectivity index (χ0n) is 12.0. The number of halogens is 1. The van der Waals surface area contributed by atoms with Gasteiger partial charge in [-0.1, -0.05) is 37.1 Å². The normalized spacial score (nSPS) is 22.5. The zero-order valence-corrected chi connectivity index (χ0v) is 12.8. The summed E-state index contributed by atoms with van der Waals surface area (Å²) in [5.74, 6) is 0.182. The molecule has 0 aliphatic carbocycles. The first-order chi connectivity index (χ1) is 9.66. The van der Waals surface area contributed by atoms with Crippen molar-refractivity contribution in [3.8, 4) is 0 Å². The number of hydrogen-bond acceptors (Lipinski definition) is 2. The zero-order chi connectivity index (χ0) is 14.4. The lowest BCUT2D eigenvalue weighted by molar-refractivity contribution is -0.132. The number of rotatable bonds is 5. The van der Waals surface area contributed by atoms with Gasteiger partial charge in [0.2, 0.25) is 5.91 Å². The van der Waals surface area contributed by atoms with Crippen LogP contribution in [0.15, 0.2) is 24.3 Å². The topological polar surface area (TPSA) is 41.1 Å². The van der Waals surface area contributed by atoms with Gasteiger partial charge < -0.3 is 10.6 Å². The molecule has 2 N–H and O–H groups in total. The van der Waals surface area contributed by atoms with Crippen LogP contribution in [0.4, 0.5) is 0 Å². The largest absolute Gasteiger partial charge is 0.352 e. The first-order valence-corrected chi connectivity index (χ1v) is 7.77. The molecule has 0 spiro atoms. The third-order valence-corrected chi connectivity index (χ3v) is 4.30. The van der Waals surface area contributed by atoms with Crippen LogP contribution in [0.2, 0.25) is 5.02 Å². The molecule has 2 rings (SSSR count). The van der Waals surface area contributed by atoms with Crippen molar-refractivity contribution >= 4 is 17.5 Å². The van der Waals surface area contributed by atoms with Gasteiger partial charge in [0.25, 0.3) is 0 Å². The highest BCUT2D eigenvalue weighted by Gasteiger charge is 2.38. The highest BCUT2D eigenvalue weighted by atomic mass is 35.5. The minimum atomic E-state index is -0.223. The summed E-state index contributed by atoms with van der Waals surface area (Å²) in [6, 6.07) is 7.61. The van der Waals surface area contributed by atoms with Crippen molar-refractivity contribution in [2.24, 2.45) is 5.41 Å². The van der Waals surface area contributed by atoms with Crippen molar-refractivity contribution in [3.63, 3.8) is 0 Å². The average Bonchev–Trinajstić information content (AvgIpc) is 2.47. The van der Waals surface area contributed by atoms with E-state index in [0.717, 1.165) is 49.4 Å². The number of benzene rings is 1. The maximum absolute atomic E-state index is 12.6. The standard InChI is InChI=1S/C16H23ClN2O/c1-2-8-16(9-3-10-18-12-16)15(20)19-11-13-4-6-14(17)7-5-13/h4-7,18H,2-3,8-12H2,1H3,(H,19,20). The highest BCUT2D eigenvalue weighted by molar-refractivity contribution is 6.30. The summed E-state index contributed by atoms with van der Waals surface area (Å²) in [7, 11) is 0. The minimum Gasteiger partial charge on any atom is -0.352 e. The summed E-state index contributed by atoms with van der Waals surface area (Å²) in [6.45, 7) is 4.54. The average molecular weight is 295 g/mol. The lowest BCUT2D eigenvalue weighted by Crippen LogP contribution is -2.50. The number of carbonyl (C=O) groups excluding carboxylic acids is 1. The second-order valence-corrected chi connectivity index (χ2v) is 6.06. The van der Waals surface area contributed by atoms with Gasteiger partial charge in [0.15, 0.2) is 0 Å². The number of hydrogen-bond donors (Lipinski definition) is 2. The number of nitrogens with one attached hydrogen (secondary N) is 2. The molecule has 1 aliphatic heterocycles. The SMILES string of the molecule is CCCC1(C(=O)NCc2ccc(Cl)cc2)CCCNC1. The Labute approximate surface area is 126 Å². The summed E-state index contributed by atoms with van der Waals surface area (Å²) in [4.78, 5) is 12.6. The van der Waals surface area contributed by atoms with E-state index in [1.165, 1.54) is 0 Å². The second-order valence-electron chi connectivity index (χ2n) is 5.62. The molecule has 0 aromatic heterocycles. The van der Waals surface area contributed by atoms with Gasteiger partial charge in [-0.15, -0.1) is 0 Å². The Balaban J connectivity index is 1.96. The first-order valence-electron chi connectivity index (χ1n) is 7.40. The quantitative estimate of drug-likeness (QED) is 0.876. The molecule has 0 saturated carbocycles. The highest BCUT2D eigenvalue weighted by Crippen LogP contribution is 2.31. The van der Waals surface area contributed by atoms with Crippen LogP contribution < -0.4 is 10.6 Å². The van der Waals surface area contributed by atoms with Crippen molar-refractivity contribution in [2.45, 2.75) is 39.2 Å². The van der Waals surface area contributed by atoms with Crippen molar-refractivity contribution < 1.29 is 4.79 Å². The van der Waals surface area contributed by atoms with Gasteiger partial charge in [-0.25, -0.2) is 0 Å². The molecule has 0 bridgehead atoms. The van der Waals surface area contributed by atoms with Gasteiger partial charge in [0.1, 0.15) is 0 Å². The van der Waals surface area contributed by atoms with Crippen LogP contribution in [0.5, 0.6) is 0 Å². The van der Waals surface area contributed by atoms with Crippen molar-refractivity contribution in [1.29, 1.82) is 0 Å². The molecular weight excluding hydrogens is 272 g/mol. The smallest absolute Gasteiger partial charge is 0.227 e. The van der Waals surface area contributed by atoms with Gasteiger partial charge in [-0.2, -0.15) is 0 Å².